The molecule has 0 saturated carbocycles. The van der Waals surface area contributed by atoms with Crippen LogP contribution >= 0.6 is 24.0 Å². The highest BCUT2D eigenvalue weighted by molar-refractivity contribution is 14.0. The summed E-state index contributed by atoms with van der Waals surface area (Å²) in [5.74, 6) is 2.55. The molecule has 0 atom stereocenters. The molecule has 0 spiro atoms. The third-order valence-electron chi connectivity index (χ3n) is 4.27. The number of rotatable bonds is 11. The summed E-state index contributed by atoms with van der Waals surface area (Å²) in [5, 5.41) is 6.51. The lowest BCUT2D eigenvalue weighted by Gasteiger charge is -2.18. The molecular weight excluding hydrogens is 467 g/mol. The second-order valence-corrected chi connectivity index (χ2v) is 6.15. The zero-order valence-corrected chi connectivity index (χ0v) is 19.4. The lowest BCUT2D eigenvalue weighted by atomic mass is 10.2. The summed E-state index contributed by atoms with van der Waals surface area (Å²) in [7, 11) is 0. The second-order valence-electron chi connectivity index (χ2n) is 6.15. The van der Waals surface area contributed by atoms with Crippen LogP contribution in [0.5, 0.6) is 5.75 Å². The minimum absolute atomic E-state index is 0. The van der Waals surface area contributed by atoms with Gasteiger partial charge in [-0.1, -0.05) is 26.0 Å². The number of ether oxygens (including phenoxy) is 1. The zero-order chi connectivity index (χ0) is 19.3. The molecule has 2 N–H and O–H groups in total. The van der Waals surface area contributed by atoms with E-state index in [0.29, 0.717) is 19.7 Å². The van der Waals surface area contributed by atoms with Gasteiger partial charge in [0.05, 0.1) is 19.4 Å². The highest BCUT2D eigenvalue weighted by Crippen LogP contribution is 2.13. The molecule has 0 unspecified atom stereocenters. The standard InChI is InChI=1S/C21H32N4O2.HI/c1-4-22-21(24-17-20-8-7-14-26-20)23-16-18-9-11-19(12-10-18)27-15-13-25(5-2)6-3;/h7-12,14H,4-6,13,15-17H2,1-3H3,(H2,22,23,24);1H. The molecule has 1 aromatic heterocycles. The van der Waals surface area contributed by atoms with Crippen LogP contribution in [0.3, 0.4) is 0 Å². The normalized spacial score (nSPS) is 11.2. The molecule has 156 valence electrons. The Bertz CT molecular complexity index is 656. The first-order chi connectivity index (χ1) is 13.2. The zero-order valence-electron chi connectivity index (χ0n) is 17.1. The predicted molar refractivity (Wildman–Crippen MR) is 126 cm³/mol. The number of hydrogen-bond acceptors (Lipinski definition) is 4. The van der Waals surface area contributed by atoms with Gasteiger partial charge in [-0.2, -0.15) is 0 Å². The molecule has 6 nitrogen and oxygen atoms in total. The van der Waals surface area contributed by atoms with E-state index in [1.807, 2.05) is 24.3 Å². The number of halogens is 1. The van der Waals surface area contributed by atoms with Crippen LogP contribution in [0.25, 0.3) is 0 Å². The highest BCUT2D eigenvalue weighted by atomic mass is 127. The predicted octanol–water partition coefficient (Wildman–Crippen LogP) is 3.87. The maximum Gasteiger partial charge on any atom is 0.191 e. The molecule has 7 heteroatoms. The van der Waals surface area contributed by atoms with Gasteiger partial charge in [0.2, 0.25) is 0 Å². The number of furan rings is 1. The van der Waals surface area contributed by atoms with Crippen LogP contribution < -0.4 is 15.4 Å². The Morgan fingerprint density at radius 2 is 1.82 bits per heavy atom. The van der Waals surface area contributed by atoms with E-state index >= 15 is 0 Å². The Kier molecular flexibility index (Phi) is 12.4. The quantitative estimate of drug-likeness (QED) is 0.279. The van der Waals surface area contributed by atoms with E-state index in [4.69, 9.17) is 9.15 Å². The molecule has 1 heterocycles. The molecule has 0 fully saturated rings. The van der Waals surface area contributed by atoms with Crippen molar-refractivity contribution in [3.63, 3.8) is 0 Å². The van der Waals surface area contributed by atoms with Gasteiger partial charge in [-0.25, -0.2) is 4.99 Å². The lowest BCUT2D eigenvalue weighted by Crippen LogP contribution is -2.36. The van der Waals surface area contributed by atoms with Crippen LogP contribution in [0.4, 0.5) is 0 Å². The minimum Gasteiger partial charge on any atom is -0.492 e. The van der Waals surface area contributed by atoms with Gasteiger partial charge in [0.15, 0.2) is 5.96 Å². The maximum absolute atomic E-state index is 5.83. The summed E-state index contributed by atoms with van der Waals surface area (Å²) in [4.78, 5) is 6.97. The van der Waals surface area contributed by atoms with E-state index < -0.39 is 0 Å². The SMILES string of the molecule is CCNC(=NCc1ccc(OCCN(CC)CC)cc1)NCc1ccco1.I. The van der Waals surface area contributed by atoms with Crippen molar-refractivity contribution in [3.8, 4) is 5.75 Å². The number of likely N-dealkylation sites (N-methyl/N-ethyl adjacent to an activating group) is 1. The Balaban J connectivity index is 0.00000392. The molecule has 0 saturated heterocycles. The van der Waals surface area contributed by atoms with Gasteiger partial charge < -0.3 is 24.7 Å². The number of nitrogens with one attached hydrogen (secondary N) is 2. The summed E-state index contributed by atoms with van der Waals surface area (Å²) >= 11 is 0. The van der Waals surface area contributed by atoms with Crippen molar-refractivity contribution in [3.05, 3.63) is 54.0 Å². The van der Waals surface area contributed by atoms with Crippen molar-refractivity contribution in [2.45, 2.75) is 33.9 Å². The summed E-state index contributed by atoms with van der Waals surface area (Å²) in [6, 6.07) is 12.0. The van der Waals surface area contributed by atoms with Crippen LogP contribution in [0.15, 0.2) is 52.1 Å². The van der Waals surface area contributed by atoms with Crippen molar-refractivity contribution in [2.24, 2.45) is 4.99 Å². The van der Waals surface area contributed by atoms with Crippen LogP contribution in [0.1, 0.15) is 32.1 Å². The maximum atomic E-state index is 5.83. The van der Waals surface area contributed by atoms with E-state index in [-0.39, 0.29) is 24.0 Å². The van der Waals surface area contributed by atoms with Crippen LogP contribution in [0, 0.1) is 0 Å². The molecule has 0 aliphatic heterocycles. The smallest absolute Gasteiger partial charge is 0.191 e. The van der Waals surface area contributed by atoms with Gasteiger partial charge in [-0.15, -0.1) is 24.0 Å². The first-order valence-electron chi connectivity index (χ1n) is 9.73. The molecular formula is C21H33IN4O2. The van der Waals surface area contributed by atoms with E-state index in [0.717, 1.165) is 49.2 Å². The van der Waals surface area contributed by atoms with E-state index in [1.54, 1.807) is 6.26 Å². The fourth-order valence-corrected chi connectivity index (χ4v) is 2.62. The molecule has 0 radical (unpaired) electrons. The molecule has 0 bridgehead atoms. The van der Waals surface area contributed by atoms with E-state index in [2.05, 4.69) is 53.4 Å². The molecule has 2 aromatic rings. The molecule has 0 amide bonds. The monoisotopic (exact) mass is 500 g/mol. The summed E-state index contributed by atoms with van der Waals surface area (Å²) in [6.07, 6.45) is 1.67. The first-order valence-corrected chi connectivity index (χ1v) is 9.73. The first kappa shape index (κ1) is 24.3. The Hall–Kier alpha value is -1.74. The summed E-state index contributed by atoms with van der Waals surface area (Å²) < 4.78 is 11.2. The lowest BCUT2D eigenvalue weighted by molar-refractivity contribution is 0.223. The van der Waals surface area contributed by atoms with Gasteiger partial charge in [0.25, 0.3) is 0 Å². The Morgan fingerprint density at radius 3 is 2.43 bits per heavy atom. The van der Waals surface area contributed by atoms with Crippen LogP contribution in [0.2, 0.25) is 0 Å². The average Bonchev–Trinajstić information content (AvgIpc) is 3.22. The van der Waals surface area contributed by atoms with Crippen molar-refractivity contribution in [1.29, 1.82) is 0 Å². The van der Waals surface area contributed by atoms with Gasteiger partial charge in [0, 0.05) is 13.1 Å². The average molecular weight is 500 g/mol. The topological polar surface area (TPSA) is 62.0 Å². The van der Waals surface area contributed by atoms with Crippen LogP contribution in [-0.2, 0) is 13.1 Å². The van der Waals surface area contributed by atoms with Gasteiger partial charge in [-0.3, -0.25) is 0 Å². The number of benzene rings is 1. The summed E-state index contributed by atoms with van der Waals surface area (Å²) in [6.45, 7) is 12.2. The second kappa shape index (κ2) is 14.3. The van der Waals surface area contributed by atoms with E-state index in [9.17, 15) is 0 Å². The van der Waals surface area contributed by atoms with E-state index in [1.165, 1.54) is 0 Å². The minimum atomic E-state index is 0. The number of guanidine groups is 1. The third-order valence-corrected chi connectivity index (χ3v) is 4.27. The van der Waals surface area contributed by atoms with Crippen molar-refractivity contribution in [1.82, 2.24) is 15.5 Å². The van der Waals surface area contributed by atoms with Crippen molar-refractivity contribution in [2.75, 3.05) is 32.8 Å². The number of hydrogen-bond donors (Lipinski definition) is 2. The van der Waals surface area contributed by atoms with Gasteiger partial charge >= 0.3 is 0 Å². The molecule has 2 rings (SSSR count). The Labute approximate surface area is 185 Å². The molecule has 0 aliphatic carbocycles. The van der Waals surface area contributed by atoms with Crippen molar-refractivity contribution < 1.29 is 9.15 Å². The van der Waals surface area contributed by atoms with Gasteiger partial charge in [-0.05, 0) is 49.8 Å². The Morgan fingerprint density at radius 1 is 1.07 bits per heavy atom. The van der Waals surface area contributed by atoms with Gasteiger partial charge in [0.1, 0.15) is 18.1 Å². The van der Waals surface area contributed by atoms with Crippen LogP contribution in [-0.4, -0.2) is 43.6 Å². The fourth-order valence-electron chi connectivity index (χ4n) is 2.62. The highest BCUT2D eigenvalue weighted by Gasteiger charge is 2.02. The molecule has 1 aromatic carbocycles. The fraction of sp³-hybridized carbons (Fsp3) is 0.476. The number of aliphatic imine (C=N–C) groups is 1. The largest absolute Gasteiger partial charge is 0.492 e. The molecule has 28 heavy (non-hydrogen) atoms. The van der Waals surface area contributed by atoms with Crippen molar-refractivity contribution >= 4 is 29.9 Å². The number of nitrogens with zero attached hydrogens (tertiary/aromatic N) is 2. The summed E-state index contributed by atoms with van der Waals surface area (Å²) in [5.41, 5.74) is 1.14. The molecule has 0 aliphatic rings. The third kappa shape index (κ3) is 8.97.